The monoisotopic (exact) mass is 336 g/mol. The molecule has 2 N–H and O–H groups in total. The van der Waals surface area contributed by atoms with Crippen molar-refractivity contribution in [3.8, 4) is 0 Å². The number of amides is 2. The van der Waals surface area contributed by atoms with Gasteiger partial charge in [-0.3, -0.25) is 0 Å². The lowest BCUT2D eigenvalue weighted by Gasteiger charge is -2.16. The first-order valence-corrected chi connectivity index (χ1v) is 7.70. The lowest BCUT2D eigenvalue weighted by molar-refractivity contribution is -0.0384. The van der Waals surface area contributed by atoms with E-state index in [0.717, 1.165) is 12.1 Å². The topological polar surface area (TPSA) is 67.4 Å². The highest BCUT2D eigenvalue weighted by Gasteiger charge is 2.37. The minimum Gasteiger partial charge on any atom is -0.376 e. The highest BCUT2D eigenvalue weighted by molar-refractivity contribution is 7.86. The third-order valence-corrected chi connectivity index (χ3v) is 4.35. The van der Waals surface area contributed by atoms with Gasteiger partial charge in [-0.15, -0.1) is 0 Å². The zero-order chi connectivity index (χ0) is 16.3. The van der Waals surface area contributed by atoms with Crippen molar-refractivity contribution in [3.05, 3.63) is 24.3 Å². The summed E-state index contributed by atoms with van der Waals surface area (Å²) in [4.78, 5) is 11.4. The number of urea groups is 1. The second kappa shape index (κ2) is 6.66. The lowest BCUT2D eigenvalue weighted by Crippen LogP contribution is -2.41. The largest absolute Gasteiger partial charge is 0.475 e. The summed E-state index contributed by atoms with van der Waals surface area (Å²) in [5.74, 6) is 0. The van der Waals surface area contributed by atoms with Crippen LogP contribution in [0.15, 0.2) is 29.2 Å². The molecule has 1 heterocycles. The highest BCUT2D eigenvalue weighted by atomic mass is 32.2. The normalized spacial score (nSPS) is 23.1. The van der Waals surface area contributed by atoms with Crippen LogP contribution >= 0.6 is 0 Å². The molecule has 0 aliphatic carbocycles. The highest BCUT2D eigenvalue weighted by Crippen LogP contribution is 2.26. The van der Waals surface area contributed by atoms with Crippen LogP contribution in [0.25, 0.3) is 0 Å². The van der Waals surface area contributed by atoms with Gasteiger partial charge in [-0.2, -0.15) is 13.2 Å². The van der Waals surface area contributed by atoms with Gasteiger partial charge in [0.25, 0.3) is 0 Å². The zero-order valence-corrected chi connectivity index (χ0v) is 12.5. The van der Waals surface area contributed by atoms with E-state index in [0.29, 0.717) is 18.7 Å². The standard InChI is InChI=1S/C13H15F3N2O3S/c1-8-11(6-7-21-8)18-12(19)17-9-2-4-10(5-3-9)22(20)13(14,15)16/h2-5,8,11H,6-7H2,1H3,(H2,17,18,19)/t8-,11-,22+/m0/s1. The van der Waals surface area contributed by atoms with Crippen LogP contribution in [0.2, 0.25) is 0 Å². The first-order valence-electron chi connectivity index (χ1n) is 6.55. The molecule has 1 aromatic carbocycles. The third kappa shape index (κ3) is 4.20. The molecule has 5 nitrogen and oxygen atoms in total. The number of alkyl halides is 3. The molecule has 1 aliphatic rings. The molecule has 0 radical (unpaired) electrons. The maximum Gasteiger partial charge on any atom is 0.475 e. The lowest BCUT2D eigenvalue weighted by atomic mass is 10.2. The molecule has 1 aromatic rings. The zero-order valence-electron chi connectivity index (χ0n) is 11.6. The van der Waals surface area contributed by atoms with Crippen LogP contribution in [0.3, 0.4) is 0 Å². The van der Waals surface area contributed by atoms with Gasteiger partial charge < -0.3 is 15.4 Å². The number of ether oxygens (including phenoxy) is 1. The van der Waals surface area contributed by atoms with Crippen molar-refractivity contribution in [2.75, 3.05) is 11.9 Å². The Kier molecular flexibility index (Phi) is 5.07. The minimum absolute atomic E-state index is 0.0812. The molecule has 1 aliphatic heterocycles. The molecule has 3 atom stereocenters. The molecule has 0 saturated carbocycles. The third-order valence-electron chi connectivity index (χ3n) is 3.23. The van der Waals surface area contributed by atoms with Crippen molar-refractivity contribution in [2.24, 2.45) is 0 Å². The smallest absolute Gasteiger partial charge is 0.376 e. The second-order valence-electron chi connectivity index (χ2n) is 4.81. The molecule has 0 unspecified atom stereocenters. The van der Waals surface area contributed by atoms with Gasteiger partial charge in [-0.25, -0.2) is 9.00 Å². The molecular weight excluding hydrogens is 321 g/mol. The first-order chi connectivity index (χ1) is 10.3. The van der Waals surface area contributed by atoms with E-state index in [4.69, 9.17) is 4.74 Å². The van der Waals surface area contributed by atoms with Crippen molar-refractivity contribution >= 4 is 22.5 Å². The predicted octanol–water partition coefficient (Wildman–Crippen LogP) is 2.61. The molecule has 0 aromatic heterocycles. The maximum atomic E-state index is 12.3. The summed E-state index contributed by atoms with van der Waals surface area (Å²) in [6, 6.07) is 4.12. The number of carbonyl (C=O) groups excluding carboxylic acids is 1. The summed E-state index contributed by atoms with van der Waals surface area (Å²) in [6.45, 7) is 2.42. The Morgan fingerprint density at radius 2 is 1.95 bits per heavy atom. The van der Waals surface area contributed by atoms with Crippen molar-refractivity contribution < 1.29 is 26.9 Å². The van der Waals surface area contributed by atoms with Crippen LogP contribution < -0.4 is 10.6 Å². The molecular formula is C13H15F3N2O3S. The van der Waals surface area contributed by atoms with E-state index in [1.165, 1.54) is 12.1 Å². The van der Waals surface area contributed by atoms with Gasteiger partial charge in [0, 0.05) is 17.2 Å². The summed E-state index contributed by atoms with van der Waals surface area (Å²) in [5, 5.41) is 5.23. The fourth-order valence-electron chi connectivity index (χ4n) is 2.05. The van der Waals surface area contributed by atoms with E-state index >= 15 is 0 Å². The van der Waals surface area contributed by atoms with E-state index < -0.39 is 22.3 Å². The molecule has 2 rings (SSSR count). The summed E-state index contributed by atoms with van der Waals surface area (Å²) in [5.41, 5.74) is -4.49. The molecule has 0 spiro atoms. The maximum absolute atomic E-state index is 12.3. The van der Waals surface area contributed by atoms with Crippen LogP contribution in [0.1, 0.15) is 13.3 Å². The number of nitrogens with one attached hydrogen (secondary N) is 2. The van der Waals surface area contributed by atoms with Crippen molar-refractivity contribution in [1.29, 1.82) is 0 Å². The number of rotatable bonds is 3. The van der Waals surface area contributed by atoms with Crippen LogP contribution in [0.5, 0.6) is 0 Å². The Hall–Kier alpha value is -1.61. The molecule has 1 saturated heterocycles. The molecule has 22 heavy (non-hydrogen) atoms. The first kappa shape index (κ1) is 16.8. The Balaban J connectivity index is 1.93. The molecule has 122 valence electrons. The van der Waals surface area contributed by atoms with E-state index in [2.05, 4.69) is 10.6 Å². The van der Waals surface area contributed by atoms with Crippen LogP contribution in [0.4, 0.5) is 23.7 Å². The summed E-state index contributed by atoms with van der Waals surface area (Å²) < 4.78 is 53.4. The van der Waals surface area contributed by atoms with Crippen molar-refractivity contribution in [1.82, 2.24) is 5.32 Å². The van der Waals surface area contributed by atoms with Gasteiger partial charge in [-0.1, -0.05) is 0 Å². The average Bonchev–Trinajstić information content (AvgIpc) is 2.83. The van der Waals surface area contributed by atoms with Gasteiger partial charge >= 0.3 is 11.5 Å². The number of hydrogen-bond donors (Lipinski definition) is 2. The molecule has 2 amide bonds. The summed E-state index contributed by atoms with van der Waals surface area (Å²) in [6.07, 6.45) is 0.625. The Morgan fingerprint density at radius 1 is 1.32 bits per heavy atom. The fraction of sp³-hybridized carbons (Fsp3) is 0.462. The van der Waals surface area contributed by atoms with Crippen molar-refractivity contribution in [2.45, 2.75) is 35.9 Å². The van der Waals surface area contributed by atoms with Gasteiger partial charge in [0.05, 0.1) is 12.1 Å². The SMILES string of the molecule is C[C@@H]1OCC[C@@H]1NC(=O)Nc1ccc([S@@](=O)C(F)(F)F)cc1. The van der Waals surface area contributed by atoms with Crippen LogP contribution in [0, 0.1) is 0 Å². The number of anilines is 1. The number of carbonyl (C=O) groups is 1. The number of benzene rings is 1. The van der Waals surface area contributed by atoms with E-state index in [-0.39, 0.29) is 17.0 Å². The fourth-order valence-corrected chi connectivity index (χ4v) is 2.70. The van der Waals surface area contributed by atoms with Gasteiger partial charge in [0.2, 0.25) is 0 Å². The predicted molar refractivity (Wildman–Crippen MR) is 74.9 cm³/mol. The number of halogens is 3. The molecule has 0 bridgehead atoms. The van der Waals surface area contributed by atoms with Crippen LogP contribution in [-0.2, 0) is 15.5 Å². The van der Waals surface area contributed by atoms with Crippen molar-refractivity contribution in [3.63, 3.8) is 0 Å². The Bertz CT molecular complexity index is 563. The van der Waals surface area contributed by atoms with Crippen LogP contribution in [-0.4, -0.2) is 34.5 Å². The van der Waals surface area contributed by atoms with E-state index in [1.54, 1.807) is 0 Å². The van der Waals surface area contributed by atoms with E-state index in [9.17, 15) is 22.2 Å². The summed E-state index contributed by atoms with van der Waals surface area (Å²) in [7, 11) is -3.07. The van der Waals surface area contributed by atoms with Gasteiger partial charge in [-0.05, 0) is 37.6 Å². The summed E-state index contributed by atoms with van der Waals surface area (Å²) >= 11 is 0. The van der Waals surface area contributed by atoms with Gasteiger partial charge in [0.1, 0.15) is 0 Å². The minimum atomic E-state index is -4.80. The number of hydrogen-bond acceptors (Lipinski definition) is 3. The Morgan fingerprint density at radius 3 is 2.45 bits per heavy atom. The Labute approximate surface area is 127 Å². The molecule has 9 heteroatoms. The quantitative estimate of drug-likeness (QED) is 0.892. The second-order valence-corrected chi connectivity index (χ2v) is 6.28. The van der Waals surface area contributed by atoms with E-state index in [1.807, 2.05) is 6.92 Å². The molecule has 1 fully saturated rings. The van der Waals surface area contributed by atoms with Gasteiger partial charge in [0.15, 0.2) is 10.8 Å². The average molecular weight is 336 g/mol.